The van der Waals surface area contributed by atoms with Crippen LogP contribution < -0.4 is 5.32 Å². The first-order chi connectivity index (χ1) is 11.4. The molecule has 1 heterocycles. The lowest BCUT2D eigenvalue weighted by Gasteiger charge is -2.40. The number of nitrogens with one attached hydrogen (secondary N) is 1. The number of hydrogen-bond donors (Lipinski definition) is 1. The van der Waals surface area contributed by atoms with Crippen molar-refractivity contribution in [3.8, 4) is 0 Å². The van der Waals surface area contributed by atoms with Crippen LogP contribution in [0.25, 0.3) is 0 Å². The Morgan fingerprint density at radius 3 is 2.62 bits per heavy atom. The van der Waals surface area contributed by atoms with Gasteiger partial charge in [-0.15, -0.1) is 0 Å². The molecule has 0 amide bonds. The van der Waals surface area contributed by atoms with Crippen molar-refractivity contribution in [2.75, 3.05) is 27.2 Å². The van der Waals surface area contributed by atoms with Gasteiger partial charge in [0.15, 0.2) is 5.96 Å². The lowest BCUT2D eigenvalue weighted by molar-refractivity contribution is -0.0836. The van der Waals surface area contributed by atoms with Gasteiger partial charge < -0.3 is 15.0 Å². The van der Waals surface area contributed by atoms with Crippen LogP contribution in [0.2, 0.25) is 0 Å². The van der Waals surface area contributed by atoms with Crippen molar-refractivity contribution in [3.63, 3.8) is 0 Å². The minimum absolute atomic E-state index is 0.173. The molecular weight excluding hydrogens is 298 g/mol. The molecule has 4 heteroatoms. The van der Waals surface area contributed by atoms with Gasteiger partial charge in [-0.2, -0.15) is 0 Å². The van der Waals surface area contributed by atoms with Gasteiger partial charge in [0.25, 0.3) is 0 Å². The quantitative estimate of drug-likeness (QED) is 0.677. The van der Waals surface area contributed by atoms with Gasteiger partial charge in [0.05, 0.1) is 6.10 Å². The van der Waals surface area contributed by atoms with Crippen LogP contribution in [0.4, 0.5) is 0 Å². The molecule has 1 saturated heterocycles. The maximum atomic E-state index is 6.08. The van der Waals surface area contributed by atoms with Crippen molar-refractivity contribution < 1.29 is 4.74 Å². The first kappa shape index (κ1) is 18.8. The Balaban J connectivity index is 1.92. The van der Waals surface area contributed by atoms with Crippen molar-refractivity contribution in [1.29, 1.82) is 0 Å². The Kier molecular flexibility index (Phi) is 6.67. The summed E-state index contributed by atoms with van der Waals surface area (Å²) < 4.78 is 6.08. The Labute approximate surface area is 147 Å². The maximum absolute atomic E-state index is 6.08. The molecule has 1 aliphatic heterocycles. The number of nitrogens with zero attached hydrogens (tertiary/aromatic N) is 2. The third kappa shape index (κ3) is 5.23. The molecule has 0 aromatic heterocycles. The predicted octanol–water partition coefficient (Wildman–Crippen LogP) is 3.54. The number of aliphatic imine (C=N–C) groups is 1. The van der Waals surface area contributed by atoms with Gasteiger partial charge >= 0.3 is 0 Å². The van der Waals surface area contributed by atoms with Crippen LogP contribution >= 0.6 is 0 Å². The summed E-state index contributed by atoms with van der Waals surface area (Å²) in [5, 5.41) is 3.56. The molecule has 1 N–H and O–H groups in total. The second kappa shape index (κ2) is 8.52. The van der Waals surface area contributed by atoms with E-state index in [2.05, 4.69) is 67.3 Å². The van der Waals surface area contributed by atoms with Crippen LogP contribution in [0.1, 0.15) is 39.2 Å². The highest BCUT2D eigenvalue weighted by molar-refractivity contribution is 5.79. The van der Waals surface area contributed by atoms with E-state index in [1.807, 2.05) is 13.1 Å². The zero-order valence-corrected chi connectivity index (χ0v) is 15.9. The van der Waals surface area contributed by atoms with E-state index in [0.717, 1.165) is 32.1 Å². The molecule has 2 atom stereocenters. The molecule has 0 saturated carbocycles. The molecule has 1 fully saturated rings. The van der Waals surface area contributed by atoms with Crippen LogP contribution in [-0.4, -0.2) is 44.2 Å². The number of hydrogen-bond acceptors (Lipinski definition) is 2. The summed E-state index contributed by atoms with van der Waals surface area (Å²) in [7, 11) is 3.93. The summed E-state index contributed by atoms with van der Waals surface area (Å²) >= 11 is 0. The van der Waals surface area contributed by atoms with Gasteiger partial charge in [0.2, 0.25) is 0 Å². The van der Waals surface area contributed by atoms with E-state index in [-0.39, 0.29) is 5.41 Å². The zero-order chi connectivity index (χ0) is 17.6. The van der Waals surface area contributed by atoms with E-state index >= 15 is 0 Å². The van der Waals surface area contributed by atoms with Crippen LogP contribution in [-0.2, 0) is 11.3 Å². The Morgan fingerprint density at radius 1 is 1.29 bits per heavy atom. The van der Waals surface area contributed by atoms with Crippen LogP contribution in [0, 0.1) is 11.3 Å². The van der Waals surface area contributed by atoms with Crippen molar-refractivity contribution in [2.45, 2.75) is 46.3 Å². The average Bonchev–Trinajstić information content (AvgIpc) is 2.56. The van der Waals surface area contributed by atoms with Crippen LogP contribution in [0.15, 0.2) is 35.3 Å². The SMILES string of the molecule is CN=C(NCC1CCCOC1C(C)(C)C)N(C)Cc1ccccc1. The van der Waals surface area contributed by atoms with E-state index in [0.29, 0.717) is 12.0 Å². The Hall–Kier alpha value is -1.55. The minimum Gasteiger partial charge on any atom is -0.377 e. The van der Waals surface area contributed by atoms with Gasteiger partial charge in [0, 0.05) is 39.7 Å². The van der Waals surface area contributed by atoms with Gasteiger partial charge in [-0.3, -0.25) is 4.99 Å². The van der Waals surface area contributed by atoms with E-state index < -0.39 is 0 Å². The molecule has 24 heavy (non-hydrogen) atoms. The summed E-state index contributed by atoms with van der Waals surface area (Å²) in [4.78, 5) is 6.62. The fourth-order valence-electron chi connectivity index (χ4n) is 3.55. The second-order valence-corrected chi connectivity index (χ2v) is 7.83. The highest BCUT2D eigenvalue weighted by Gasteiger charge is 2.35. The predicted molar refractivity (Wildman–Crippen MR) is 101 cm³/mol. The highest BCUT2D eigenvalue weighted by atomic mass is 16.5. The fraction of sp³-hybridized carbons (Fsp3) is 0.650. The molecule has 2 rings (SSSR count). The molecule has 2 unspecified atom stereocenters. The molecule has 1 aromatic carbocycles. The van der Waals surface area contributed by atoms with Crippen molar-refractivity contribution in [2.24, 2.45) is 16.3 Å². The molecule has 134 valence electrons. The average molecular weight is 332 g/mol. The monoisotopic (exact) mass is 331 g/mol. The molecule has 0 aliphatic carbocycles. The molecular formula is C20H33N3O. The summed E-state index contributed by atoms with van der Waals surface area (Å²) in [6.07, 6.45) is 2.67. The van der Waals surface area contributed by atoms with Crippen LogP contribution in [0.3, 0.4) is 0 Å². The minimum atomic E-state index is 0.173. The van der Waals surface area contributed by atoms with E-state index in [4.69, 9.17) is 4.74 Å². The topological polar surface area (TPSA) is 36.9 Å². The lowest BCUT2D eigenvalue weighted by atomic mass is 9.78. The summed E-state index contributed by atoms with van der Waals surface area (Å²) in [5.74, 6) is 1.47. The van der Waals surface area contributed by atoms with Gasteiger partial charge in [-0.05, 0) is 23.8 Å². The third-order valence-electron chi connectivity index (χ3n) is 4.66. The number of rotatable bonds is 4. The number of benzene rings is 1. The number of guanidine groups is 1. The van der Waals surface area contributed by atoms with Gasteiger partial charge in [-0.25, -0.2) is 0 Å². The standard InChI is InChI=1S/C20H33N3O/c1-20(2,3)18-17(12-9-13-24-18)14-22-19(21-4)23(5)15-16-10-7-6-8-11-16/h6-8,10-11,17-18H,9,12-15H2,1-5H3,(H,21,22). The number of ether oxygens (including phenoxy) is 1. The van der Waals surface area contributed by atoms with Crippen molar-refractivity contribution in [3.05, 3.63) is 35.9 Å². The molecule has 1 aliphatic rings. The first-order valence-electron chi connectivity index (χ1n) is 8.99. The summed E-state index contributed by atoms with van der Waals surface area (Å²) in [5.41, 5.74) is 1.46. The smallest absolute Gasteiger partial charge is 0.193 e. The first-order valence-corrected chi connectivity index (χ1v) is 8.99. The zero-order valence-electron chi connectivity index (χ0n) is 15.9. The molecule has 0 spiro atoms. The Morgan fingerprint density at radius 2 is 2.00 bits per heavy atom. The van der Waals surface area contributed by atoms with Crippen LogP contribution in [0.5, 0.6) is 0 Å². The normalized spacial score (nSPS) is 22.3. The van der Waals surface area contributed by atoms with E-state index in [1.54, 1.807) is 0 Å². The summed E-state index contributed by atoms with van der Waals surface area (Å²) in [6, 6.07) is 10.5. The highest BCUT2D eigenvalue weighted by Crippen LogP contribution is 2.33. The summed E-state index contributed by atoms with van der Waals surface area (Å²) in [6.45, 7) is 9.46. The Bertz CT molecular complexity index is 521. The van der Waals surface area contributed by atoms with E-state index in [9.17, 15) is 0 Å². The van der Waals surface area contributed by atoms with Crippen molar-refractivity contribution >= 4 is 5.96 Å². The molecule has 0 radical (unpaired) electrons. The maximum Gasteiger partial charge on any atom is 0.193 e. The molecule has 4 nitrogen and oxygen atoms in total. The fourth-order valence-corrected chi connectivity index (χ4v) is 3.55. The second-order valence-electron chi connectivity index (χ2n) is 7.83. The third-order valence-corrected chi connectivity index (χ3v) is 4.66. The van der Waals surface area contributed by atoms with Gasteiger partial charge in [0.1, 0.15) is 0 Å². The van der Waals surface area contributed by atoms with Crippen molar-refractivity contribution in [1.82, 2.24) is 10.2 Å². The lowest BCUT2D eigenvalue weighted by Crippen LogP contribution is -2.47. The molecule has 0 bridgehead atoms. The van der Waals surface area contributed by atoms with Gasteiger partial charge in [-0.1, -0.05) is 51.1 Å². The molecule has 1 aromatic rings. The largest absolute Gasteiger partial charge is 0.377 e. The van der Waals surface area contributed by atoms with E-state index in [1.165, 1.54) is 12.0 Å².